The molecule has 0 radical (unpaired) electrons. The third-order valence-corrected chi connectivity index (χ3v) is 1.85. The van der Waals surface area contributed by atoms with E-state index in [0.717, 1.165) is 0 Å². The molecule has 14 heavy (non-hydrogen) atoms. The van der Waals surface area contributed by atoms with Crippen LogP contribution < -0.4 is 5.32 Å². The number of carbonyl (C=O) groups excluding carboxylic acids is 1. The molecule has 0 aliphatic carbocycles. The van der Waals surface area contributed by atoms with Gasteiger partial charge in [0.2, 0.25) is 5.91 Å². The Hall–Kier alpha value is -1.29. The number of aliphatic hydroxyl groups is 1. The number of nitrogens with one attached hydrogen (secondary N) is 1. The summed E-state index contributed by atoms with van der Waals surface area (Å²) in [7, 11) is 0. The highest BCUT2D eigenvalue weighted by molar-refractivity contribution is 5.72. The minimum Gasteiger partial charge on any atom is -0.469 e. The van der Waals surface area contributed by atoms with Crippen molar-refractivity contribution in [2.45, 2.75) is 25.9 Å². The molecule has 78 valence electrons. The first-order chi connectivity index (χ1) is 6.49. The molecule has 4 nitrogen and oxygen atoms in total. The molecule has 0 aromatic carbocycles. The summed E-state index contributed by atoms with van der Waals surface area (Å²) in [4.78, 5) is 10.6. The van der Waals surface area contributed by atoms with Crippen molar-refractivity contribution in [3.63, 3.8) is 0 Å². The predicted molar refractivity (Wildman–Crippen MR) is 51.7 cm³/mol. The molecule has 0 fully saturated rings. The first-order valence-electron chi connectivity index (χ1n) is 4.49. The topological polar surface area (TPSA) is 62.5 Å². The van der Waals surface area contributed by atoms with Crippen molar-refractivity contribution >= 4 is 5.91 Å². The van der Waals surface area contributed by atoms with Gasteiger partial charge in [-0.1, -0.05) is 0 Å². The highest BCUT2D eigenvalue weighted by Gasteiger charge is 2.22. The van der Waals surface area contributed by atoms with Crippen molar-refractivity contribution in [1.29, 1.82) is 0 Å². The number of hydrogen-bond acceptors (Lipinski definition) is 3. The molecular weight excluding hydrogens is 182 g/mol. The van der Waals surface area contributed by atoms with Crippen LogP contribution in [0.15, 0.2) is 22.8 Å². The van der Waals surface area contributed by atoms with Crippen LogP contribution in [-0.2, 0) is 11.2 Å². The van der Waals surface area contributed by atoms with Crippen molar-refractivity contribution in [3.05, 3.63) is 24.2 Å². The van der Waals surface area contributed by atoms with Crippen LogP contribution in [0.3, 0.4) is 0 Å². The molecule has 4 heteroatoms. The van der Waals surface area contributed by atoms with Crippen LogP contribution >= 0.6 is 0 Å². The lowest BCUT2D eigenvalue weighted by molar-refractivity contribution is -0.120. The normalized spacial score (nSPS) is 14.8. The Balaban J connectivity index is 2.45. The Bertz CT molecular complexity index is 290. The second kappa shape index (κ2) is 4.28. The monoisotopic (exact) mass is 197 g/mol. The fraction of sp³-hybridized carbons (Fsp3) is 0.500. The lowest BCUT2D eigenvalue weighted by atomic mass is 10.0. The van der Waals surface area contributed by atoms with E-state index < -0.39 is 5.60 Å². The fourth-order valence-corrected chi connectivity index (χ4v) is 1.17. The van der Waals surface area contributed by atoms with Crippen LogP contribution in [0.2, 0.25) is 0 Å². The summed E-state index contributed by atoms with van der Waals surface area (Å²) in [5.74, 6) is 0.560. The highest BCUT2D eigenvalue weighted by atomic mass is 16.3. The van der Waals surface area contributed by atoms with E-state index >= 15 is 0 Å². The third-order valence-electron chi connectivity index (χ3n) is 1.85. The van der Waals surface area contributed by atoms with Gasteiger partial charge in [0.05, 0.1) is 11.9 Å². The number of amides is 1. The molecule has 1 aromatic heterocycles. The van der Waals surface area contributed by atoms with Gasteiger partial charge in [-0.3, -0.25) is 4.79 Å². The second-order valence-electron chi connectivity index (χ2n) is 3.66. The summed E-state index contributed by atoms with van der Waals surface area (Å²) in [5.41, 5.74) is -0.969. The average Bonchev–Trinajstić information content (AvgIpc) is 2.53. The quantitative estimate of drug-likeness (QED) is 0.747. The van der Waals surface area contributed by atoms with Crippen molar-refractivity contribution in [3.8, 4) is 0 Å². The van der Waals surface area contributed by atoms with Gasteiger partial charge in [-0.2, -0.15) is 0 Å². The van der Waals surface area contributed by atoms with E-state index in [0.29, 0.717) is 12.2 Å². The molecule has 0 bridgehead atoms. The van der Waals surface area contributed by atoms with Gasteiger partial charge in [-0.05, 0) is 19.1 Å². The molecule has 0 saturated heterocycles. The van der Waals surface area contributed by atoms with Gasteiger partial charge in [0, 0.05) is 19.9 Å². The summed E-state index contributed by atoms with van der Waals surface area (Å²) in [6.07, 6.45) is 1.95. The van der Waals surface area contributed by atoms with Crippen LogP contribution in [0.4, 0.5) is 0 Å². The lowest BCUT2D eigenvalue weighted by Crippen LogP contribution is -2.41. The number of hydrogen-bond donors (Lipinski definition) is 2. The third kappa shape index (κ3) is 3.62. The zero-order valence-electron chi connectivity index (χ0n) is 8.41. The molecule has 1 amide bonds. The summed E-state index contributed by atoms with van der Waals surface area (Å²) in [6, 6.07) is 3.56. The summed E-state index contributed by atoms with van der Waals surface area (Å²) in [5, 5.41) is 12.4. The standard InChI is InChI=1S/C10H15NO3/c1-8(12)11-7-10(2,13)6-9-4-3-5-14-9/h3-5,13H,6-7H2,1-2H3,(H,11,12)/t10-/m0/s1. The molecule has 0 saturated carbocycles. The van der Waals surface area contributed by atoms with E-state index in [1.54, 1.807) is 25.3 Å². The molecule has 1 atom stereocenters. The average molecular weight is 197 g/mol. The van der Waals surface area contributed by atoms with Crippen LogP contribution in [-0.4, -0.2) is 23.2 Å². The van der Waals surface area contributed by atoms with Crippen molar-refractivity contribution < 1.29 is 14.3 Å². The van der Waals surface area contributed by atoms with E-state index in [9.17, 15) is 9.90 Å². The van der Waals surface area contributed by atoms with E-state index in [2.05, 4.69) is 5.32 Å². The SMILES string of the molecule is CC(=O)NC[C@@](C)(O)Cc1ccco1. The first-order valence-corrected chi connectivity index (χ1v) is 4.49. The molecular formula is C10H15NO3. The van der Waals surface area contributed by atoms with Crippen molar-refractivity contribution in [2.75, 3.05) is 6.54 Å². The number of rotatable bonds is 4. The first kappa shape index (κ1) is 10.8. The van der Waals surface area contributed by atoms with Crippen LogP contribution in [0.1, 0.15) is 19.6 Å². The Morgan fingerprint density at radius 3 is 2.93 bits per heavy atom. The molecule has 1 aromatic rings. The van der Waals surface area contributed by atoms with E-state index in [1.165, 1.54) is 6.92 Å². The van der Waals surface area contributed by atoms with Gasteiger partial charge >= 0.3 is 0 Å². The van der Waals surface area contributed by atoms with Gasteiger partial charge in [0.25, 0.3) is 0 Å². The zero-order valence-corrected chi connectivity index (χ0v) is 8.41. The van der Waals surface area contributed by atoms with E-state index in [4.69, 9.17) is 4.42 Å². The van der Waals surface area contributed by atoms with Gasteiger partial charge in [0.1, 0.15) is 5.76 Å². The Morgan fingerprint density at radius 1 is 1.71 bits per heavy atom. The fourth-order valence-electron chi connectivity index (χ4n) is 1.17. The molecule has 1 rings (SSSR count). The van der Waals surface area contributed by atoms with E-state index in [-0.39, 0.29) is 12.5 Å². The maximum absolute atomic E-state index is 10.6. The molecule has 0 spiro atoms. The zero-order chi connectivity index (χ0) is 10.6. The largest absolute Gasteiger partial charge is 0.469 e. The van der Waals surface area contributed by atoms with Gasteiger partial charge < -0.3 is 14.8 Å². The predicted octanol–water partition coefficient (Wildman–Crippen LogP) is 0.709. The van der Waals surface area contributed by atoms with Crippen LogP contribution in [0.25, 0.3) is 0 Å². The molecule has 0 aliphatic heterocycles. The van der Waals surface area contributed by atoms with Crippen molar-refractivity contribution in [2.24, 2.45) is 0 Å². The molecule has 0 unspecified atom stereocenters. The highest BCUT2D eigenvalue weighted by Crippen LogP contribution is 2.12. The summed E-state index contributed by atoms with van der Waals surface area (Å²) in [6.45, 7) is 3.30. The number of furan rings is 1. The molecule has 1 heterocycles. The summed E-state index contributed by atoms with van der Waals surface area (Å²) < 4.78 is 5.10. The smallest absolute Gasteiger partial charge is 0.216 e. The maximum atomic E-state index is 10.6. The minimum atomic E-state index is -0.969. The van der Waals surface area contributed by atoms with Crippen LogP contribution in [0, 0.1) is 0 Å². The molecule has 0 aliphatic rings. The van der Waals surface area contributed by atoms with Gasteiger partial charge in [0.15, 0.2) is 0 Å². The number of carbonyl (C=O) groups is 1. The minimum absolute atomic E-state index is 0.148. The maximum Gasteiger partial charge on any atom is 0.216 e. The van der Waals surface area contributed by atoms with Crippen LogP contribution in [0.5, 0.6) is 0 Å². The second-order valence-corrected chi connectivity index (χ2v) is 3.66. The Morgan fingerprint density at radius 2 is 2.43 bits per heavy atom. The van der Waals surface area contributed by atoms with E-state index in [1.807, 2.05) is 0 Å². The summed E-state index contributed by atoms with van der Waals surface area (Å²) >= 11 is 0. The molecule has 2 N–H and O–H groups in total. The van der Waals surface area contributed by atoms with Gasteiger partial charge in [-0.25, -0.2) is 0 Å². The van der Waals surface area contributed by atoms with Crippen molar-refractivity contribution in [1.82, 2.24) is 5.32 Å². The Labute approximate surface area is 82.9 Å². The Kier molecular flexibility index (Phi) is 3.30. The lowest BCUT2D eigenvalue weighted by Gasteiger charge is -2.21. The van der Waals surface area contributed by atoms with Gasteiger partial charge in [-0.15, -0.1) is 0 Å².